The van der Waals surface area contributed by atoms with Gasteiger partial charge in [0.25, 0.3) is 0 Å². The van der Waals surface area contributed by atoms with Crippen molar-refractivity contribution in [1.82, 2.24) is 4.98 Å². The van der Waals surface area contributed by atoms with Crippen molar-refractivity contribution in [2.45, 2.75) is 39.2 Å². The van der Waals surface area contributed by atoms with Crippen molar-refractivity contribution < 1.29 is 5.11 Å². The molecule has 1 aromatic heterocycles. The molecule has 1 N–H and O–H groups in total. The molecule has 0 unspecified atom stereocenters. The van der Waals surface area contributed by atoms with Gasteiger partial charge in [-0.2, -0.15) is 0 Å². The van der Waals surface area contributed by atoms with Gasteiger partial charge in [-0.1, -0.05) is 32.0 Å². The SMILES string of the molecule is CC(C)c1cc(CO)cc(N2CCCc3ccccc32)n1. The van der Waals surface area contributed by atoms with Crippen LogP contribution in [0.1, 0.15) is 43.0 Å². The Morgan fingerprint density at radius 3 is 2.81 bits per heavy atom. The van der Waals surface area contributed by atoms with Crippen molar-refractivity contribution in [1.29, 1.82) is 0 Å². The molecule has 110 valence electrons. The average molecular weight is 282 g/mol. The number of para-hydroxylation sites is 1. The monoisotopic (exact) mass is 282 g/mol. The smallest absolute Gasteiger partial charge is 0.133 e. The lowest BCUT2D eigenvalue weighted by atomic mass is 10.0. The van der Waals surface area contributed by atoms with Gasteiger partial charge in [-0.25, -0.2) is 4.98 Å². The Labute approximate surface area is 126 Å². The van der Waals surface area contributed by atoms with Crippen LogP contribution in [0.5, 0.6) is 0 Å². The Morgan fingerprint density at radius 2 is 2.05 bits per heavy atom. The summed E-state index contributed by atoms with van der Waals surface area (Å²) in [5.41, 5.74) is 4.61. The molecule has 0 bridgehead atoms. The van der Waals surface area contributed by atoms with Crippen LogP contribution in [0.15, 0.2) is 36.4 Å². The highest BCUT2D eigenvalue weighted by Gasteiger charge is 2.19. The maximum absolute atomic E-state index is 9.52. The minimum absolute atomic E-state index is 0.0602. The Hall–Kier alpha value is -1.87. The van der Waals surface area contributed by atoms with E-state index in [4.69, 9.17) is 4.98 Å². The summed E-state index contributed by atoms with van der Waals surface area (Å²) < 4.78 is 0. The number of hydrogen-bond donors (Lipinski definition) is 1. The van der Waals surface area contributed by atoms with Crippen molar-refractivity contribution in [2.24, 2.45) is 0 Å². The number of aliphatic hydroxyl groups excluding tert-OH is 1. The number of anilines is 2. The third kappa shape index (κ3) is 2.79. The van der Waals surface area contributed by atoms with E-state index in [1.807, 2.05) is 12.1 Å². The molecule has 2 heterocycles. The number of aryl methyl sites for hydroxylation is 1. The van der Waals surface area contributed by atoms with Gasteiger partial charge in [-0.05, 0) is 48.1 Å². The molecule has 0 radical (unpaired) electrons. The summed E-state index contributed by atoms with van der Waals surface area (Å²) in [6.07, 6.45) is 2.27. The van der Waals surface area contributed by atoms with Crippen LogP contribution in [0.2, 0.25) is 0 Å². The van der Waals surface area contributed by atoms with Crippen molar-refractivity contribution >= 4 is 11.5 Å². The zero-order valence-corrected chi connectivity index (χ0v) is 12.7. The van der Waals surface area contributed by atoms with Crippen LogP contribution >= 0.6 is 0 Å². The summed E-state index contributed by atoms with van der Waals surface area (Å²) in [6, 6.07) is 12.5. The summed E-state index contributed by atoms with van der Waals surface area (Å²) in [6.45, 7) is 5.32. The van der Waals surface area contributed by atoms with E-state index >= 15 is 0 Å². The lowest BCUT2D eigenvalue weighted by Crippen LogP contribution is -2.25. The summed E-state index contributed by atoms with van der Waals surface area (Å²) in [5, 5.41) is 9.52. The molecule has 21 heavy (non-hydrogen) atoms. The van der Waals surface area contributed by atoms with Gasteiger partial charge < -0.3 is 10.0 Å². The molecular formula is C18H22N2O. The standard InChI is InChI=1S/C18H22N2O/c1-13(2)16-10-14(12-21)11-18(19-16)20-9-5-7-15-6-3-4-8-17(15)20/h3-4,6,8,10-11,13,21H,5,7,9,12H2,1-2H3. The normalized spacial score (nSPS) is 14.4. The largest absolute Gasteiger partial charge is 0.392 e. The summed E-state index contributed by atoms with van der Waals surface area (Å²) >= 11 is 0. The minimum atomic E-state index is 0.0602. The highest BCUT2D eigenvalue weighted by molar-refractivity contribution is 5.66. The molecule has 1 aliphatic heterocycles. The van der Waals surface area contributed by atoms with Crippen molar-refractivity contribution in [2.75, 3.05) is 11.4 Å². The lowest BCUT2D eigenvalue weighted by molar-refractivity contribution is 0.281. The number of hydrogen-bond acceptors (Lipinski definition) is 3. The molecule has 3 rings (SSSR count). The highest BCUT2D eigenvalue weighted by atomic mass is 16.3. The van der Waals surface area contributed by atoms with Crippen molar-refractivity contribution in [3.63, 3.8) is 0 Å². The van der Waals surface area contributed by atoms with E-state index in [-0.39, 0.29) is 6.61 Å². The summed E-state index contributed by atoms with van der Waals surface area (Å²) in [5.74, 6) is 1.31. The van der Waals surface area contributed by atoms with E-state index in [0.717, 1.165) is 36.5 Å². The van der Waals surface area contributed by atoms with E-state index in [1.165, 1.54) is 11.3 Å². The lowest BCUT2D eigenvalue weighted by Gasteiger charge is -2.31. The zero-order valence-electron chi connectivity index (χ0n) is 12.7. The Kier molecular flexibility index (Phi) is 3.93. The molecule has 3 heteroatoms. The molecule has 0 spiro atoms. The molecule has 0 amide bonds. The number of rotatable bonds is 3. The first kappa shape index (κ1) is 14.1. The Balaban J connectivity index is 2.07. The second kappa shape index (κ2) is 5.86. The molecule has 0 saturated heterocycles. The first-order chi connectivity index (χ1) is 10.2. The average Bonchev–Trinajstić information content (AvgIpc) is 2.53. The van der Waals surface area contributed by atoms with Crippen LogP contribution in [0.4, 0.5) is 11.5 Å². The van der Waals surface area contributed by atoms with E-state index in [0.29, 0.717) is 5.92 Å². The van der Waals surface area contributed by atoms with Crippen LogP contribution in [-0.2, 0) is 13.0 Å². The molecule has 2 aromatic rings. The second-order valence-electron chi connectivity index (χ2n) is 5.96. The van der Waals surface area contributed by atoms with Crippen LogP contribution < -0.4 is 4.90 Å². The van der Waals surface area contributed by atoms with Gasteiger partial charge in [-0.3, -0.25) is 0 Å². The zero-order chi connectivity index (χ0) is 14.8. The van der Waals surface area contributed by atoms with Gasteiger partial charge in [0.15, 0.2) is 0 Å². The van der Waals surface area contributed by atoms with E-state index in [9.17, 15) is 5.11 Å². The first-order valence-electron chi connectivity index (χ1n) is 7.66. The third-order valence-electron chi connectivity index (χ3n) is 4.05. The minimum Gasteiger partial charge on any atom is -0.392 e. The molecule has 0 saturated carbocycles. The fourth-order valence-corrected chi connectivity index (χ4v) is 2.89. The van der Waals surface area contributed by atoms with Gasteiger partial charge >= 0.3 is 0 Å². The highest BCUT2D eigenvalue weighted by Crippen LogP contribution is 2.33. The summed E-state index contributed by atoms with van der Waals surface area (Å²) in [4.78, 5) is 7.10. The number of aromatic nitrogens is 1. The van der Waals surface area contributed by atoms with E-state index < -0.39 is 0 Å². The van der Waals surface area contributed by atoms with E-state index in [1.54, 1.807) is 0 Å². The molecular weight excluding hydrogens is 260 g/mol. The van der Waals surface area contributed by atoms with Crippen molar-refractivity contribution in [3.05, 3.63) is 53.2 Å². The molecule has 0 fully saturated rings. The number of fused-ring (bicyclic) bond motifs is 1. The molecule has 0 aliphatic carbocycles. The van der Waals surface area contributed by atoms with Gasteiger partial charge in [0.05, 0.1) is 6.61 Å². The molecule has 1 aliphatic rings. The third-order valence-corrected chi connectivity index (χ3v) is 4.05. The van der Waals surface area contributed by atoms with Crippen LogP contribution in [-0.4, -0.2) is 16.6 Å². The quantitative estimate of drug-likeness (QED) is 0.930. The Bertz CT molecular complexity index is 637. The maximum atomic E-state index is 9.52. The predicted octanol–water partition coefficient (Wildman–Crippen LogP) is 3.78. The maximum Gasteiger partial charge on any atom is 0.133 e. The van der Waals surface area contributed by atoms with Gasteiger partial charge in [0, 0.05) is 17.9 Å². The van der Waals surface area contributed by atoms with Gasteiger partial charge in [0.2, 0.25) is 0 Å². The van der Waals surface area contributed by atoms with Crippen LogP contribution in [0.3, 0.4) is 0 Å². The Morgan fingerprint density at radius 1 is 1.24 bits per heavy atom. The number of aliphatic hydroxyl groups is 1. The van der Waals surface area contributed by atoms with Crippen LogP contribution in [0.25, 0.3) is 0 Å². The topological polar surface area (TPSA) is 36.4 Å². The first-order valence-corrected chi connectivity index (χ1v) is 7.66. The van der Waals surface area contributed by atoms with Gasteiger partial charge in [0.1, 0.15) is 5.82 Å². The van der Waals surface area contributed by atoms with Gasteiger partial charge in [-0.15, -0.1) is 0 Å². The number of benzene rings is 1. The predicted molar refractivity (Wildman–Crippen MR) is 86.0 cm³/mol. The number of nitrogens with zero attached hydrogens (tertiary/aromatic N) is 2. The van der Waals surface area contributed by atoms with Crippen molar-refractivity contribution in [3.8, 4) is 0 Å². The van der Waals surface area contributed by atoms with E-state index in [2.05, 4.69) is 43.0 Å². The second-order valence-corrected chi connectivity index (χ2v) is 5.96. The van der Waals surface area contributed by atoms with Crippen LogP contribution in [0, 0.1) is 0 Å². The fraction of sp³-hybridized carbons (Fsp3) is 0.389. The molecule has 1 aromatic carbocycles. The molecule has 3 nitrogen and oxygen atoms in total. The summed E-state index contributed by atoms with van der Waals surface area (Å²) in [7, 11) is 0. The number of pyridine rings is 1. The molecule has 0 atom stereocenters. The fourth-order valence-electron chi connectivity index (χ4n) is 2.89.